The molecule has 0 aromatic heterocycles. The summed E-state index contributed by atoms with van der Waals surface area (Å²) < 4.78 is 44.1. The maximum absolute atomic E-state index is 12.9. The fourth-order valence-electron chi connectivity index (χ4n) is 5.02. The van der Waals surface area contributed by atoms with Gasteiger partial charge >= 0.3 is 6.18 Å². The Hall–Kier alpha value is -2.09. The summed E-state index contributed by atoms with van der Waals surface area (Å²) in [6.45, 7) is 1.71. The molecule has 1 aliphatic carbocycles. The lowest BCUT2D eigenvalue weighted by Gasteiger charge is -2.27. The van der Waals surface area contributed by atoms with Gasteiger partial charge < -0.3 is 14.9 Å². The lowest BCUT2D eigenvalue weighted by atomic mass is 9.90. The van der Waals surface area contributed by atoms with Gasteiger partial charge in [0.25, 0.3) is 0 Å². The highest BCUT2D eigenvalue weighted by Crippen LogP contribution is 2.49. The molecule has 162 valence electrons. The summed E-state index contributed by atoms with van der Waals surface area (Å²) in [5.41, 5.74) is -0.516. The second kappa shape index (κ2) is 7.87. The number of alkyl halides is 3. The Kier molecular flexibility index (Phi) is 5.55. The molecule has 1 heterocycles. The highest BCUT2D eigenvalue weighted by atomic mass is 19.4. The van der Waals surface area contributed by atoms with E-state index in [1.54, 1.807) is 7.11 Å². The first-order valence-electron chi connectivity index (χ1n) is 10.1. The van der Waals surface area contributed by atoms with Crippen molar-refractivity contribution in [3.8, 4) is 5.75 Å². The third-order valence-electron chi connectivity index (χ3n) is 6.49. The van der Waals surface area contributed by atoms with Crippen molar-refractivity contribution in [2.24, 2.45) is 11.8 Å². The minimum absolute atomic E-state index is 0.273. The molecule has 2 N–H and O–H groups in total. The summed E-state index contributed by atoms with van der Waals surface area (Å²) in [4.78, 5) is 2.09. The Morgan fingerprint density at radius 2 is 1.77 bits per heavy atom. The van der Waals surface area contributed by atoms with Gasteiger partial charge in [-0.3, -0.25) is 4.90 Å². The van der Waals surface area contributed by atoms with Gasteiger partial charge in [-0.1, -0.05) is 24.3 Å². The third-order valence-corrected chi connectivity index (χ3v) is 6.49. The summed E-state index contributed by atoms with van der Waals surface area (Å²) >= 11 is 0. The monoisotopic (exact) mass is 421 g/mol. The van der Waals surface area contributed by atoms with E-state index in [-0.39, 0.29) is 23.9 Å². The molecule has 4 nitrogen and oxygen atoms in total. The van der Waals surface area contributed by atoms with E-state index in [1.807, 2.05) is 24.3 Å². The molecule has 1 unspecified atom stereocenters. The normalized spacial score (nSPS) is 27.8. The average molecular weight is 421 g/mol. The summed E-state index contributed by atoms with van der Waals surface area (Å²) in [6, 6.07) is 12.4. The van der Waals surface area contributed by atoms with Gasteiger partial charge in [0.1, 0.15) is 5.75 Å². The van der Waals surface area contributed by atoms with Crippen LogP contribution in [-0.4, -0.2) is 41.9 Å². The van der Waals surface area contributed by atoms with E-state index >= 15 is 0 Å². The lowest BCUT2D eigenvalue weighted by molar-refractivity contribution is -0.137. The van der Waals surface area contributed by atoms with Crippen LogP contribution in [0.4, 0.5) is 13.2 Å². The first-order chi connectivity index (χ1) is 14.2. The van der Waals surface area contributed by atoms with E-state index < -0.39 is 23.4 Å². The van der Waals surface area contributed by atoms with Crippen LogP contribution < -0.4 is 4.74 Å². The van der Waals surface area contributed by atoms with Crippen molar-refractivity contribution in [2.45, 2.75) is 30.7 Å². The van der Waals surface area contributed by atoms with Gasteiger partial charge in [-0.15, -0.1) is 0 Å². The van der Waals surface area contributed by atoms with Gasteiger partial charge in [0.2, 0.25) is 0 Å². The number of aliphatic hydroxyl groups is 2. The summed E-state index contributed by atoms with van der Waals surface area (Å²) in [7, 11) is 1.60. The van der Waals surface area contributed by atoms with Crippen molar-refractivity contribution in [1.82, 2.24) is 4.90 Å². The molecule has 2 aromatic carbocycles. The van der Waals surface area contributed by atoms with Gasteiger partial charge in [-0.05, 0) is 60.1 Å². The van der Waals surface area contributed by atoms with Gasteiger partial charge in [0.05, 0.1) is 24.4 Å². The van der Waals surface area contributed by atoms with Crippen LogP contribution in [0.2, 0.25) is 0 Å². The Balaban J connectivity index is 1.39. The van der Waals surface area contributed by atoms with Crippen molar-refractivity contribution in [2.75, 3.05) is 26.7 Å². The molecule has 0 radical (unpaired) electrons. The number of ether oxygens (including phenoxy) is 1. The Labute approximate surface area is 173 Å². The number of β-amino-alcohol motifs (C(OH)–C–C–N with tert-alkyl or cyclic N) is 1. The van der Waals surface area contributed by atoms with Crippen LogP contribution in [0.5, 0.6) is 5.75 Å². The number of hydrogen-bond acceptors (Lipinski definition) is 4. The smallest absolute Gasteiger partial charge is 0.416 e. The van der Waals surface area contributed by atoms with Crippen molar-refractivity contribution < 1.29 is 28.1 Å². The molecule has 7 heteroatoms. The van der Waals surface area contributed by atoms with Crippen molar-refractivity contribution in [3.05, 3.63) is 65.2 Å². The zero-order chi connectivity index (χ0) is 21.5. The highest BCUT2D eigenvalue weighted by Gasteiger charge is 2.49. The average Bonchev–Trinajstić information content (AvgIpc) is 3.22. The van der Waals surface area contributed by atoms with Crippen LogP contribution in [0.15, 0.2) is 48.5 Å². The Morgan fingerprint density at radius 1 is 1.10 bits per heavy atom. The van der Waals surface area contributed by atoms with Gasteiger partial charge in [-0.2, -0.15) is 13.2 Å². The Bertz CT molecular complexity index is 887. The second-order valence-electron chi connectivity index (χ2n) is 8.55. The fourth-order valence-corrected chi connectivity index (χ4v) is 5.02. The van der Waals surface area contributed by atoms with E-state index in [2.05, 4.69) is 4.90 Å². The van der Waals surface area contributed by atoms with Crippen molar-refractivity contribution in [1.29, 1.82) is 0 Å². The van der Waals surface area contributed by atoms with Gasteiger partial charge in [0.15, 0.2) is 0 Å². The topological polar surface area (TPSA) is 52.9 Å². The van der Waals surface area contributed by atoms with Crippen LogP contribution in [0.3, 0.4) is 0 Å². The number of likely N-dealkylation sites (tertiary alicyclic amines) is 1. The van der Waals surface area contributed by atoms with E-state index in [1.165, 1.54) is 12.1 Å². The molecule has 1 saturated heterocycles. The van der Waals surface area contributed by atoms with Crippen LogP contribution in [0, 0.1) is 11.8 Å². The van der Waals surface area contributed by atoms with E-state index in [9.17, 15) is 23.4 Å². The zero-order valence-electron chi connectivity index (χ0n) is 16.8. The minimum atomic E-state index is -4.43. The third kappa shape index (κ3) is 4.19. The molecule has 4 atom stereocenters. The van der Waals surface area contributed by atoms with E-state index in [0.29, 0.717) is 31.7 Å². The molecule has 2 fully saturated rings. The minimum Gasteiger partial charge on any atom is -0.497 e. The molecule has 0 amide bonds. The maximum atomic E-state index is 12.9. The Morgan fingerprint density at radius 3 is 2.40 bits per heavy atom. The number of nitrogens with zero attached hydrogens (tertiary/aromatic N) is 1. The molecule has 1 saturated carbocycles. The van der Waals surface area contributed by atoms with Crippen molar-refractivity contribution in [3.63, 3.8) is 0 Å². The first kappa shape index (κ1) is 21.2. The standard InChI is InChI=1S/C23H26F3NO3/c1-30-20-7-3-5-18(9-20)22(29)10-16-12-27(13-17(16)11-22)14-21(28)15-4-2-6-19(8-15)23(24,25)26/h2-9,16-17,21,28-29H,10-14H2,1H3/t16-,17+,21?,22-. The second-order valence-corrected chi connectivity index (χ2v) is 8.55. The largest absolute Gasteiger partial charge is 0.497 e. The SMILES string of the molecule is COc1cccc([C@]2(O)C[C@H]3CN(CC(O)c4cccc(C(F)(F)F)c4)C[C@H]3C2)c1. The molecule has 1 aliphatic heterocycles. The zero-order valence-corrected chi connectivity index (χ0v) is 16.8. The molecular weight excluding hydrogens is 395 g/mol. The summed E-state index contributed by atoms with van der Waals surface area (Å²) in [6.07, 6.45) is -4.16. The number of hydrogen-bond donors (Lipinski definition) is 2. The number of aliphatic hydroxyl groups excluding tert-OH is 1. The molecule has 2 aliphatic rings. The highest BCUT2D eigenvalue weighted by molar-refractivity contribution is 5.33. The number of rotatable bonds is 5. The molecule has 4 rings (SSSR count). The van der Waals surface area contributed by atoms with Gasteiger partial charge in [0, 0.05) is 19.6 Å². The van der Waals surface area contributed by atoms with Gasteiger partial charge in [-0.25, -0.2) is 0 Å². The molecule has 0 bridgehead atoms. The van der Waals surface area contributed by atoms with Crippen molar-refractivity contribution >= 4 is 0 Å². The predicted octanol–water partition coefficient (Wildman–Crippen LogP) is 3.98. The number of methoxy groups -OCH3 is 1. The molecular formula is C23H26F3NO3. The number of fused-ring (bicyclic) bond motifs is 1. The fraction of sp³-hybridized carbons (Fsp3) is 0.478. The molecule has 0 spiro atoms. The lowest BCUT2D eigenvalue weighted by Crippen LogP contribution is -2.31. The first-order valence-corrected chi connectivity index (χ1v) is 10.1. The van der Waals surface area contributed by atoms with E-state index in [4.69, 9.17) is 4.74 Å². The van der Waals surface area contributed by atoms with Crippen LogP contribution >= 0.6 is 0 Å². The number of benzene rings is 2. The van der Waals surface area contributed by atoms with Crippen LogP contribution in [0.25, 0.3) is 0 Å². The predicted molar refractivity (Wildman–Crippen MR) is 106 cm³/mol. The summed E-state index contributed by atoms with van der Waals surface area (Å²) in [5, 5.41) is 21.7. The van der Waals surface area contributed by atoms with E-state index in [0.717, 1.165) is 17.7 Å². The number of halogens is 3. The quantitative estimate of drug-likeness (QED) is 0.767. The maximum Gasteiger partial charge on any atom is 0.416 e. The van der Waals surface area contributed by atoms with Crippen LogP contribution in [0.1, 0.15) is 35.6 Å². The molecule has 2 aromatic rings. The van der Waals surface area contributed by atoms with Crippen LogP contribution in [-0.2, 0) is 11.8 Å². The molecule has 30 heavy (non-hydrogen) atoms. The summed E-state index contributed by atoms with van der Waals surface area (Å²) in [5.74, 6) is 1.29.